The van der Waals surface area contributed by atoms with E-state index in [0.717, 1.165) is 41.0 Å². The molecule has 2 aromatic heterocycles. The van der Waals surface area contributed by atoms with E-state index >= 15 is 0 Å². The molecule has 1 saturated heterocycles. The van der Waals surface area contributed by atoms with E-state index in [1.54, 1.807) is 0 Å². The summed E-state index contributed by atoms with van der Waals surface area (Å²) in [6.07, 6.45) is 1.69. The van der Waals surface area contributed by atoms with Crippen LogP contribution in [0.15, 0.2) is 54.6 Å². The summed E-state index contributed by atoms with van der Waals surface area (Å²) in [6, 6.07) is 19.8. The number of carbonyl (C=O) groups is 1. The van der Waals surface area contributed by atoms with Crippen LogP contribution in [0.3, 0.4) is 0 Å². The Morgan fingerprint density at radius 3 is 2.62 bits per heavy atom. The molecule has 7 nitrogen and oxygen atoms in total. The number of amides is 1. The lowest BCUT2D eigenvalue weighted by atomic mass is 10.0. The predicted octanol–water partition coefficient (Wildman–Crippen LogP) is 4.78. The van der Waals surface area contributed by atoms with E-state index in [1.807, 2.05) is 77.7 Å². The van der Waals surface area contributed by atoms with Gasteiger partial charge in [-0.25, -0.2) is 4.98 Å². The Labute approximate surface area is 198 Å². The van der Waals surface area contributed by atoms with E-state index in [4.69, 9.17) is 9.72 Å². The monoisotopic (exact) mass is 453 g/mol. The molecule has 3 heterocycles. The second-order valence-corrected chi connectivity index (χ2v) is 8.63. The van der Waals surface area contributed by atoms with Crippen molar-refractivity contribution in [1.82, 2.24) is 14.3 Å². The van der Waals surface area contributed by atoms with Crippen molar-refractivity contribution in [2.75, 3.05) is 25.0 Å². The van der Waals surface area contributed by atoms with Gasteiger partial charge in [0.05, 0.1) is 23.2 Å². The number of anilines is 1. The Balaban J connectivity index is 1.33. The highest BCUT2D eigenvalue weighted by molar-refractivity contribution is 5.94. The average molecular weight is 454 g/mol. The van der Waals surface area contributed by atoms with Gasteiger partial charge in [0.1, 0.15) is 17.6 Å². The first kappa shape index (κ1) is 21.8. The molecule has 0 aliphatic carbocycles. The molecule has 1 N–H and O–H groups in total. The molecule has 1 fully saturated rings. The van der Waals surface area contributed by atoms with Gasteiger partial charge in [0.2, 0.25) is 0 Å². The summed E-state index contributed by atoms with van der Waals surface area (Å²) in [5.41, 5.74) is 4.69. The lowest BCUT2D eigenvalue weighted by molar-refractivity contribution is 0.0718. The number of nitriles is 1. The molecule has 0 spiro atoms. The third-order valence-corrected chi connectivity index (χ3v) is 6.43. The zero-order valence-corrected chi connectivity index (χ0v) is 19.4. The molecule has 1 aliphatic heterocycles. The third-order valence-electron chi connectivity index (χ3n) is 6.43. The van der Waals surface area contributed by atoms with Crippen LogP contribution in [0, 0.1) is 18.3 Å². The number of aryl methyl sites for hydroxylation is 1. The number of hydrogen-bond donors (Lipinski definition) is 1. The number of benzene rings is 2. The van der Waals surface area contributed by atoms with Gasteiger partial charge in [-0.2, -0.15) is 5.26 Å². The Morgan fingerprint density at radius 1 is 1.18 bits per heavy atom. The summed E-state index contributed by atoms with van der Waals surface area (Å²) in [5.74, 6) is 1.76. The minimum atomic E-state index is 0.0544. The van der Waals surface area contributed by atoms with Crippen molar-refractivity contribution in [2.24, 2.45) is 0 Å². The van der Waals surface area contributed by atoms with E-state index in [9.17, 15) is 10.1 Å². The number of para-hydroxylation sites is 2. The zero-order valence-electron chi connectivity index (χ0n) is 19.4. The van der Waals surface area contributed by atoms with Crippen LogP contribution in [0.1, 0.15) is 41.3 Å². The fourth-order valence-corrected chi connectivity index (χ4v) is 4.68. The second kappa shape index (κ2) is 9.06. The first-order valence-electron chi connectivity index (χ1n) is 11.7. The summed E-state index contributed by atoms with van der Waals surface area (Å²) >= 11 is 0. The number of nitrogens with one attached hydrogen (secondary N) is 1. The summed E-state index contributed by atoms with van der Waals surface area (Å²) in [6.45, 7) is 5.87. The quantitative estimate of drug-likeness (QED) is 0.470. The molecule has 0 saturated carbocycles. The molecule has 0 bridgehead atoms. The maximum Gasteiger partial charge on any atom is 0.253 e. The van der Waals surface area contributed by atoms with Crippen molar-refractivity contribution < 1.29 is 9.53 Å². The number of rotatable bonds is 5. The van der Waals surface area contributed by atoms with E-state index in [0.29, 0.717) is 36.5 Å². The highest BCUT2D eigenvalue weighted by Crippen LogP contribution is 2.28. The number of hydrogen-bond acceptors (Lipinski definition) is 5. The Kier molecular flexibility index (Phi) is 5.81. The van der Waals surface area contributed by atoms with Crippen LogP contribution in [0.2, 0.25) is 0 Å². The van der Waals surface area contributed by atoms with Gasteiger partial charge in [-0.3, -0.25) is 9.20 Å². The SMILES string of the molecule is CCOc1ccc(C(=O)N2CCC(Nc3cc(C)c(C#N)c4nc5ccccc5n34)CC2)cc1. The maximum atomic E-state index is 13.0. The molecule has 34 heavy (non-hydrogen) atoms. The smallest absolute Gasteiger partial charge is 0.253 e. The molecule has 0 radical (unpaired) electrons. The number of carbonyl (C=O) groups excluding carboxylic acids is 1. The molecule has 7 heteroatoms. The van der Waals surface area contributed by atoms with E-state index in [-0.39, 0.29) is 11.9 Å². The van der Waals surface area contributed by atoms with Crippen molar-refractivity contribution in [3.63, 3.8) is 0 Å². The van der Waals surface area contributed by atoms with Crippen molar-refractivity contribution in [1.29, 1.82) is 5.26 Å². The summed E-state index contributed by atoms with van der Waals surface area (Å²) < 4.78 is 7.51. The normalized spacial score (nSPS) is 14.3. The standard InChI is InChI=1S/C27H27N5O2/c1-3-34-21-10-8-19(9-11-21)27(33)31-14-12-20(13-15-31)29-25-16-18(2)22(17-28)26-30-23-6-4-5-7-24(23)32(25)26/h4-11,16,20,29H,3,12-15H2,1-2H3. The van der Waals surface area contributed by atoms with Crippen LogP contribution in [0.25, 0.3) is 16.7 Å². The topological polar surface area (TPSA) is 82.7 Å². The van der Waals surface area contributed by atoms with Crippen molar-refractivity contribution >= 4 is 28.4 Å². The van der Waals surface area contributed by atoms with Crippen LogP contribution < -0.4 is 10.1 Å². The molecule has 2 aromatic carbocycles. The van der Waals surface area contributed by atoms with Crippen LogP contribution in [0.5, 0.6) is 5.75 Å². The number of likely N-dealkylation sites (tertiary alicyclic amines) is 1. The third kappa shape index (κ3) is 3.92. The Morgan fingerprint density at radius 2 is 1.91 bits per heavy atom. The number of piperidine rings is 1. The van der Waals surface area contributed by atoms with Crippen LogP contribution >= 0.6 is 0 Å². The van der Waals surface area contributed by atoms with Crippen molar-refractivity contribution in [2.45, 2.75) is 32.7 Å². The molecule has 1 amide bonds. The molecule has 0 unspecified atom stereocenters. The minimum Gasteiger partial charge on any atom is -0.494 e. The van der Waals surface area contributed by atoms with E-state index in [2.05, 4.69) is 11.4 Å². The van der Waals surface area contributed by atoms with Gasteiger partial charge in [0, 0.05) is 24.7 Å². The fraction of sp³-hybridized carbons (Fsp3) is 0.296. The van der Waals surface area contributed by atoms with Crippen LogP contribution in [0.4, 0.5) is 5.82 Å². The molecule has 0 atom stereocenters. The Hall–Kier alpha value is -4.05. The number of imidazole rings is 1. The molecular formula is C27H27N5O2. The lowest BCUT2D eigenvalue weighted by Gasteiger charge is -2.33. The summed E-state index contributed by atoms with van der Waals surface area (Å²) in [7, 11) is 0. The van der Waals surface area contributed by atoms with Crippen molar-refractivity contribution in [3.8, 4) is 11.8 Å². The van der Waals surface area contributed by atoms with Crippen LogP contribution in [-0.4, -0.2) is 45.9 Å². The first-order valence-corrected chi connectivity index (χ1v) is 11.7. The number of pyridine rings is 1. The van der Waals surface area contributed by atoms with Gasteiger partial charge in [-0.15, -0.1) is 0 Å². The minimum absolute atomic E-state index is 0.0544. The molecule has 1 aliphatic rings. The highest BCUT2D eigenvalue weighted by Gasteiger charge is 2.25. The molecule has 5 rings (SSSR count). The number of aromatic nitrogens is 2. The Bertz CT molecular complexity index is 1390. The largest absolute Gasteiger partial charge is 0.494 e. The molecule has 4 aromatic rings. The number of nitrogens with zero attached hydrogens (tertiary/aromatic N) is 4. The summed E-state index contributed by atoms with van der Waals surface area (Å²) in [5, 5.41) is 13.4. The molecule has 172 valence electrons. The van der Waals surface area contributed by atoms with Gasteiger partial charge in [0.25, 0.3) is 5.91 Å². The van der Waals surface area contributed by atoms with Gasteiger partial charge in [0.15, 0.2) is 5.65 Å². The van der Waals surface area contributed by atoms with Gasteiger partial charge >= 0.3 is 0 Å². The average Bonchev–Trinajstić information content (AvgIpc) is 3.24. The fourth-order valence-electron chi connectivity index (χ4n) is 4.68. The summed E-state index contributed by atoms with van der Waals surface area (Å²) in [4.78, 5) is 19.6. The van der Waals surface area contributed by atoms with Crippen LogP contribution in [-0.2, 0) is 0 Å². The maximum absolute atomic E-state index is 13.0. The van der Waals surface area contributed by atoms with Crippen molar-refractivity contribution in [3.05, 3.63) is 71.3 Å². The second-order valence-electron chi connectivity index (χ2n) is 8.63. The van der Waals surface area contributed by atoms with E-state index in [1.165, 1.54) is 0 Å². The lowest BCUT2D eigenvalue weighted by Crippen LogP contribution is -2.42. The predicted molar refractivity (Wildman–Crippen MR) is 132 cm³/mol. The van der Waals surface area contributed by atoms with Gasteiger partial charge in [-0.05, 0) is 74.7 Å². The number of ether oxygens (including phenoxy) is 1. The first-order chi connectivity index (χ1) is 16.6. The van der Waals surface area contributed by atoms with Gasteiger partial charge < -0.3 is 15.0 Å². The van der Waals surface area contributed by atoms with Gasteiger partial charge in [-0.1, -0.05) is 12.1 Å². The van der Waals surface area contributed by atoms with E-state index < -0.39 is 0 Å². The zero-order chi connectivity index (χ0) is 23.7. The molecular weight excluding hydrogens is 426 g/mol. The highest BCUT2D eigenvalue weighted by atomic mass is 16.5. The number of fused-ring (bicyclic) bond motifs is 3.